The number of imide groups is 1. The number of hydrogen-bond donors (Lipinski definition) is 3. The Morgan fingerprint density at radius 2 is 1.93 bits per heavy atom. The fourth-order valence-corrected chi connectivity index (χ4v) is 3.52. The van der Waals surface area contributed by atoms with Crippen molar-refractivity contribution in [2.45, 2.75) is 30.9 Å². The number of urea groups is 1. The maximum absolute atomic E-state index is 12.1. The average Bonchev–Trinajstić information content (AvgIpc) is 2.91. The van der Waals surface area contributed by atoms with Crippen LogP contribution in [0, 0.1) is 5.92 Å². The molecule has 2 rings (SSSR count). The number of amides is 3. The molecule has 27 heavy (non-hydrogen) atoms. The largest absolute Gasteiger partial charge is 0.482 e. The van der Waals surface area contributed by atoms with E-state index in [1.807, 2.05) is 13.8 Å². The maximum atomic E-state index is 12.1. The Hall–Kier alpha value is -2.17. The summed E-state index contributed by atoms with van der Waals surface area (Å²) in [7, 11) is 0. The lowest BCUT2D eigenvalue weighted by Gasteiger charge is -2.18. The van der Waals surface area contributed by atoms with Crippen LogP contribution in [0.25, 0.3) is 0 Å². The number of nitrogen functional groups attached to an aromatic ring is 1. The normalized spacial score (nSPS) is 12.0. The molecule has 1 heterocycles. The molecule has 12 heteroatoms. The third-order valence-electron chi connectivity index (χ3n) is 3.34. The van der Waals surface area contributed by atoms with Gasteiger partial charge in [0.15, 0.2) is 11.6 Å². The smallest absolute Gasteiger partial charge is 0.318 e. The molecule has 0 fully saturated rings. The third-order valence-corrected chi connectivity index (χ3v) is 5.44. The number of thioether (sulfide) groups is 1. The van der Waals surface area contributed by atoms with Gasteiger partial charge >= 0.3 is 6.03 Å². The minimum absolute atomic E-state index is 0.0344. The molecule has 0 saturated carbocycles. The van der Waals surface area contributed by atoms with E-state index in [4.69, 9.17) is 39.5 Å². The Morgan fingerprint density at radius 3 is 2.48 bits per heavy atom. The predicted octanol–water partition coefficient (Wildman–Crippen LogP) is 2.19. The summed E-state index contributed by atoms with van der Waals surface area (Å²) in [6.45, 7) is 3.60. The average molecular weight is 433 g/mol. The molecule has 1 atom stereocenters. The first kappa shape index (κ1) is 21.1. The minimum atomic E-state index is -0.925. The minimum Gasteiger partial charge on any atom is -0.482 e. The van der Waals surface area contributed by atoms with Gasteiger partial charge in [0, 0.05) is 0 Å². The van der Waals surface area contributed by atoms with Crippen LogP contribution in [0.5, 0.6) is 5.75 Å². The summed E-state index contributed by atoms with van der Waals surface area (Å²) in [5, 5.41) is 10.3. The number of para-hydroxylation sites is 1. The van der Waals surface area contributed by atoms with Crippen LogP contribution in [-0.4, -0.2) is 32.1 Å². The van der Waals surface area contributed by atoms with Gasteiger partial charge < -0.3 is 16.3 Å². The highest BCUT2D eigenvalue weighted by molar-refractivity contribution is 8.00. The van der Waals surface area contributed by atoms with E-state index < -0.39 is 17.2 Å². The van der Waals surface area contributed by atoms with Gasteiger partial charge in [-0.05, 0) is 18.1 Å². The maximum Gasteiger partial charge on any atom is 0.318 e. The third kappa shape index (κ3) is 5.41. The van der Waals surface area contributed by atoms with Crippen LogP contribution < -0.4 is 21.6 Å². The van der Waals surface area contributed by atoms with Gasteiger partial charge in [0.2, 0.25) is 11.1 Å². The van der Waals surface area contributed by atoms with Gasteiger partial charge in [-0.3, -0.25) is 10.1 Å². The number of ether oxygens (including phenoxy) is 1. The zero-order valence-corrected chi connectivity index (χ0v) is 16.8. The first-order chi connectivity index (χ1) is 12.7. The van der Waals surface area contributed by atoms with Crippen LogP contribution in [0.2, 0.25) is 10.0 Å². The molecule has 9 nitrogen and oxygen atoms in total. The van der Waals surface area contributed by atoms with Crippen LogP contribution >= 0.6 is 35.0 Å². The van der Waals surface area contributed by atoms with E-state index in [-0.39, 0.29) is 17.7 Å². The topological polar surface area (TPSA) is 138 Å². The molecule has 0 aliphatic carbocycles. The highest BCUT2D eigenvalue weighted by Crippen LogP contribution is 2.33. The van der Waals surface area contributed by atoms with Gasteiger partial charge in [0.1, 0.15) is 6.61 Å². The van der Waals surface area contributed by atoms with Gasteiger partial charge in [-0.15, -0.1) is 10.2 Å². The molecule has 0 saturated heterocycles. The molecule has 1 unspecified atom stereocenters. The van der Waals surface area contributed by atoms with Crippen LogP contribution in [0.15, 0.2) is 23.4 Å². The second kappa shape index (κ2) is 9.16. The summed E-state index contributed by atoms with van der Waals surface area (Å²) >= 11 is 13.2. The van der Waals surface area contributed by atoms with Crippen molar-refractivity contribution < 1.29 is 14.3 Å². The van der Waals surface area contributed by atoms with E-state index in [0.29, 0.717) is 21.6 Å². The number of halogens is 2. The fourth-order valence-electron chi connectivity index (χ4n) is 2.04. The van der Waals surface area contributed by atoms with E-state index in [2.05, 4.69) is 15.5 Å². The van der Waals surface area contributed by atoms with Crippen molar-refractivity contribution in [2.24, 2.45) is 11.7 Å². The number of nitrogens with one attached hydrogen (secondary N) is 1. The summed E-state index contributed by atoms with van der Waals surface area (Å²) in [6.07, 6.45) is 0. The molecule has 2 aromatic rings. The summed E-state index contributed by atoms with van der Waals surface area (Å²) in [5.41, 5.74) is 5.00. The predicted molar refractivity (Wildman–Crippen MR) is 103 cm³/mol. The Morgan fingerprint density at radius 1 is 1.30 bits per heavy atom. The molecule has 3 amide bonds. The van der Waals surface area contributed by atoms with E-state index in [0.717, 1.165) is 11.8 Å². The number of hydrogen-bond acceptors (Lipinski definition) is 7. The number of nitrogens with zero attached hydrogens (tertiary/aromatic N) is 3. The highest BCUT2D eigenvalue weighted by atomic mass is 35.5. The van der Waals surface area contributed by atoms with Crippen molar-refractivity contribution in [1.29, 1.82) is 0 Å². The lowest BCUT2D eigenvalue weighted by Crippen LogP contribution is -2.42. The number of rotatable bonds is 7. The van der Waals surface area contributed by atoms with Crippen molar-refractivity contribution >= 4 is 46.9 Å². The molecular weight excluding hydrogens is 415 g/mol. The van der Waals surface area contributed by atoms with Crippen molar-refractivity contribution in [2.75, 3.05) is 5.84 Å². The Bertz CT molecular complexity index is 825. The Labute approximate surface area is 169 Å². The van der Waals surface area contributed by atoms with Crippen LogP contribution in [0.3, 0.4) is 0 Å². The molecule has 0 radical (unpaired) electrons. The standard InChI is InChI=1S/C15H18Cl2N6O3S/c1-7(2)12(13(24)20-14(18)25)27-15-22-21-10(23(15)19)6-26-11-8(16)4-3-5-9(11)17/h3-5,7,12H,6,19H2,1-2H3,(H3,18,20,24,25). The summed E-state index contributed by atoms with van der Waals surface area (Å²) in [5.74, 6) is 5.94. The number of carbonyl (C=O) groups excluding carboxylic acids is 2. The quantitative estimate of drug-likeness (QED) is 0.449. The van der Waals surface area contributed by atoms with Crippen LogP contribution in [0.1, 0.15) is 19.7 Å². The van der Waals surface area contributed by atoms with Gasteiger partial charge in [-0.25, -0.2) is 9.47 Å². The zero-order valence-electron chi connectivity index (χ0n) is 14.5. The first-order valence-electron chi connectivity index (χ1n) is 7.73. The lowest BCUT2D eigenvalue weighted by atomic mass is 10.1. The molecule has 1 aromatic carbocycles. The molecule has 0 aliphatic heterocycles. The molecule has 5 N–H and O–H groups in total. The van der Waals surface area contributed by atoms with Gasteiger partial charge in [-0.1, -0.05) is 54.9 Å². The van der Waals surface area contributed by atoms with Gasteiger partial charge in [-0.2, -0.15) is 0 Å². The SMILES string of the molecule is CC(C)C(Sc1nnc(COc2c(Cl)cccc2Cl)n1N)C(=O)NC(N)=O. The van der Waals surface area contributed by atoms with E-state index in [9.17, 15) is 9.59 Å². The Balaban J connectivity index is 2.11. The molecule has 0 bridgehead atoms. The summed E-state index contributed by atoms with van der Waals surface area (Å²) in [4.78, 5) is 23.0. The molecule has 0 aliphatic rings. The summed E-state index contributed by atoms with van der Waals surface area (Å²) < 4.78 is 6.78. The monoisotopic (exact) mass is 432 g/mol. The zero-order chi connectivity index (χ0) is 20.1. The van der Waals surface area contributed by atoms with Gasteiger partial charge in [0.05, 0.1) is 15.3 Å². The second-order valence-electron chi connectivity index (χ2n) is 5.74. The fraction of sp³-hybridized carbons (Fsp3) is 0.333. The van der Waals surface area contributed by atoms with Gasteiger partial charge in [0.25, 0.3) is 0 Å². The van der Waals surface area contributed by atoms with Crippen molar-refractivity contribution in [1.82, 2.24) is 20.2 Å². The number of aromatic nitrogens is 3. The van der Waals surface area contributed by atoms with Crippen LogP contribution in [-0.2, 0) is 11.4 Å². The lowest BCUT2D eigenvalue weighted by molar-refractivity contribution is -0.120. The second-order valence-corrected chi connectivity index (χ2v) is 7.67. The van der Waals surface area contributed by atoms with Crippen molar-refractivity contribution in [3.63, 3.8) is 0 Å². The van der Waals surface area contributed by atoms with Crippen molar-refractivity contribution in [3.8, 4) is 5.75 Å². The Kier molecular flexibility index (Phi) is 7.17. The molecule has 0 spiro atoms. The summed E-state index contributed by atoms with van der Waals surface area (Å²) in [6, 6.07) is 4.05. The molecular formula is C15H18Cl2N6O3S. The molecule has 146 valence electrons. The van der Waals surface area contributed by atoms with E-state index >= 15 is 0 Å². The first-order valence-corrected chi connectivity index (χ1v) is 9.37. The number of primary amides is 1. The number of carbonyl (C=O) groups is 2. The van der Waals surface area contributed by atoms with Crippen molar-refractivity contribution in [3.05, 3.63) is 34.1 Å². The number of nitrogens with two attached hydrogens (primary N) is 2. The van der Waals surface area contributed by atoms with E-state index in [1.54, 1.807) is 18.2 Å². The number of benzene rings is 1. The molecule has 1 aromatic heterocycles. The van der Waals surface area contributed by atoms with E-state index in [1.165, 1.54) is 4.68 Å². The highest BCUT2D eigenvalue weighted by Gasteiger charge is 2.27. The van der Waals surface area contributed by atoms with Crippen LogP contribution in [0.4, 0.5) is 4.79 Å².